The van der Waals surface area contributed by atoms with Crippen LogP contribution in [-0.4, -0.2) is 36.5 Å². The zero-order chi connectivity index (χ0) is 14.8. The number of terminal acetylenes is 1. The van der Waals surface area contributed by atoms with Gasteiger partial charge in [0.2, 0.25) is 0 Å². The minimum absolute atomic E-state index is 0.155. The van der Waals surface area contributed by atoms with E-state index in [9.17, 15) is 4.79 Å². The van der Waals surface area contributed by atoms with E-state index in [4.69, 9.17) is 21.6 Å². The number of rotatable bonds is 2. The number of hydrogen-bond donors (Lipinski definition) is 1. The molecule has 2 heterocycles. The lowest BCUT2D eigenvalue weighted by atomic mass is 10.0. The maximum atomic E-state index is 11.8. The van der Waals surface area contributed by atoms with Crippen molar-refractivity contribution in [2.75, 3.05) is 19.8 Å². The van der Waals surface area contributed by atoms with Crippen molar-refractivity contribution in [2.24, 2.45) is 10.7 Å². The average Bonchev–Trinajstić information content (AvgIpc) is 2.66. The summed E-state index contributed by atoms with van der Waals surface area (Å²) < 4.78 is 11.2. The van der Waals surface area contributed by atoms with Gasteiger partial charge in [-0.2, -0.15) is 4.99 Å². The molecule has 2 aliphatic heterocycles. The zero-order valence-corrected chi connectivity index (χ0v) is 11.4. The number of amidine groups is 1. The van der Waals surface area contributed by atoms with Gasteiger partial charge >= 0.3 is 6.03 Å². The fourth-order valence-corrected chi connectivity index (χ4v) is 2.46. The lowest BCUT2D eigenvalue weighted by Crippen LogP contribution is -2.33. The molecule has 1 unspecified atom stereocenters. The molecule has 1 atom stereocenters. The van der Waals surface area contributed by atoms with Gasteiger partial charge in [0.15, 0.2) is 11.5 Å². The van der Waals surface area contributed by atoms with Gasteiger partial charge in [-0.15, -0.1) is 6.42 Å². The lowest BCUT2D eigenvalue weighted by molar-refractivity contribution is 0.213. The van der Waals surface area contributed by atoms with Gasteiger partial charge in [0.1, 0.15) is 11.9 Å². The molecule has 108 valence electrons. The van der Waals surface area contributed by atoms with Gasteiger partial charge in [0.25, 0.3) is 0 Å². The molecule has 2 amide bonds. The molecule has 0 spiro atoms. The lowest BCUT2D eigenvalue weighted by Gasteiger charge is -2.23. The van der Waals surface area contributed by atoms with Gasteiger partial charge in [-0.1, -0.05) is 12.0 Å². The number of ether oxygens (including phenoxy) is 2. The summed E-state index contributed by atoms with van der Waals surface area (Å²) in [5.41, 5.74) is 6.68. The number of hydrogen-bond acceptors (Lipinski definition) is 4. The predicted octanol–water partition coefficient (Wildman–Crippen LogP) is 1.32. The standard InChI is InChI=1S/C15H15N3O3/c1-2-6-18-13(14(16)17-15(18)19)10-4-5-11-12(9-10)21-8-3-7-20-11/h1,4-5,9,13H,3,6-8H2,(H2,16,17,19). The first kappa shape index (κ1) is 13.3. The van der Waals surface area contributed by atoms with Crippen LogP contribution in [0.15, 0.2) is 23.2 Å². The Morgan fingerprint density at radius 3 is 2.90 bits per heavy atom. The molecule has 2 aliphatic rings. The van der Waals surface area contributed by atoms with E-state index < -0.39 is 12.1 Å². The largest absolute Gasteiger partial charge is 0.490 e. The maximum absolute atomic E-state index is 11.8. The molecule has 0 bridgehead atoms. The van der Waals surface area contributed by atoms with Crippen LogP contribution in [0.5, 0.6) is 11.5 Å². The van der Waals surface area contributed by atoms with Gasteiger partial charge in [-0.3, -0.25) is 4.90 Å². The predicted molar refractivity (Wildman–Crippen MR) is 77.3 cm³/mol. The Morgan fingerprint density at radius 1 is 1.38 bits per heavy atom. The van der Waals surface area contributed by atoms with E-state index in [2.05, 4.69) is 10.9 Å². The van der Waals surface area contributed by atoms with Crippen molar-refractivity contribution in [2.45, 2.75) is 12.5 Å². The van der Waals surface area contributed by atoms with Crippen LogP contribution in [0.2, 0.25) is 0 Å². The van der Waals surface area contributed by atoms with Crippen molar-refractivity contribution in [1.82, 2.24) is 4.90 Å². The molecule has 21 heavy (non-hydrogen) atoms. The molecule has 0 saturated carbocycles. The van der Waals surface area contributed by atoms with E-state index in [0.29, 0.717) is 24.7 Å². The number of carbonyl (C=O) groups is 1. The highest BCUT2D eigenvalue weighted by Crippen LogP contribution is 2.35. The first-order valence-corrected chi connectivity index (χ1v) is 6.68. The first-order valence-electron chi connectivity index (χ1n) is 6.68. The van der Waals surface area contributed by atoms with Gasteiger partial charge in [-0.25, -0.2) is 4.79 Å². The molecular formula is C15H15N3O3. The van der Waals surface area contributed by atoms with Gasteiger partial charge in [0.05, 0.1) is 19.8 Å². The number of urea groups is 1. The summed E-state index contributed by atoms with van der Waals surface area (Å²) in [4.78, 5) is 17.1. The minimum Gasteiger partial charge on any atom is -0.490 e. The maximum Gasteiger partial charge on any atom is 0.346 e. The van der Waals surface area contributed by atoms with E-state index in [0.717, 1.165) is 12.0 Å². The summed E-state index contributed by atoms with van der Waals surface area (Å²) in [6.07, 6.45) is 6.14. The van der Waals surface area contributed by atoms with Crippen LogP contribution < -0.4 is 15.2 Å². The molecule has 3 rings (SSSR count). The van der Waals surface area contributed by atoms with Crippen molar-refractivity contribution in [1.29, 1.82) is 0 Å². The second-order valence-corrected chi connectivity index (χ2v) is 4.81. The SMILES string of the molecule is C#CCN1C(=O)N=C(N)C1c1ccc2c(c1)OCCCO2. The van der Waals surface area contributed by atoms with Crippen molar-refractivity contribution in [3.05, 3.63) is 23.8 Å². The quantitative estimate of drug-likeness (QED) is 0.831. The molecule has 1 aromatic carbocycles. The van der Waals surface area contributed by atoms with Crippen molar-refractivity contribution < 1.29 is 14.3 Å². The average molecular weight is 285 g/mol. The van der Waals surface area contributed by atoms with E-state index in [-0.39, 0.29) is 12.4 Å². The fourth-order valence-electron chi connectivity index (χ4n) is 2.46. The topological polar surface area (TPSA) is 77.2 Å². The van der Waals surface area contributed by atoms with Crippen LogP contribution in [0.4, 0.5) is 4.79 Å². The van der Waals surface area contributed by atoms with E-state index >= 15 is 0 Å². The van der Waals surface area contributed by atoms with Crippen LogP contribution in [0.3, 0.4) is 0 Å². The third-order valence-electron chi connectivity index (χ3n) is 3.41. The Kier molecular flexibility index (Phi) is 3.40. The smallest absolute Gasteiger partial charge is 0.346 e. The highest BCUT2D eigenvalue weighted by atomic mass is 16.5. The summed E-state index contributed by atoms with van der Waals surface area (Å²) in [5, 5.41) is 0. The number of amides is 2. The van der Waals surface area contributed by atoms with Crippen LogP contribution >= 0.6 is 0 Å². The van der Waals surface area contributed by atoms with Crippen molar-refractivity contribution >= 4 is 11.9 Å². The molecule has 6 heteroatoms. The number of carbonyl (C=O) groups excluding carboxylic acids is 1. The summed E-state index contributed by atoms with van der Waals surface area (Å²) in [6.45, 7) is 1.38. The third kappa shape index (κ3) is 2.38. The second-order valence-electron chi connectivity index (χ2n) is 4.81. The van der Waals surface area contributed by atoms with Crippen LogP contribution in [0, 0.1) is 12.3 Å². The molecular weight excluding hydrogens is 270 g/mol. The number of fused-ring (bicyclic) bond motifs is 1. The Hall–Kier alpha value is -2.68. The van der Waals surface area contributed by atoms with Crippen LogP contribution in [-0.2, 0) is 0 Å². The highest BCUT2D eigenvalue weighted by Gasteiger charge is 2.34. The third-order valence-corrected chi connectivity index (χ3v) is 3.41. The molecule has 0 radical (unpaired) electrons. The van der Waals surface area contributed by atoms with E-state index in [1.807, 2.05) is 18.2 Å². The number of nitrogens with zero attached hydrogens (tertiary/aromatic N) is 2. The Morgan fingerprint density at radius 2 is 2.14 bits per heavy atom. The van der Waals surface area contributed by atoms with Crippen LogP contribution in [0.1, 0.15) is 18.0 Å². The molecule has 1 aromatic rings. The van der Waals surface area contributed by atoms with Crippen molar-refractivity contribution in [3.8, 4) is 23.8 Å². The number of aliphatic imine (C=N–C) groups is 1. The Bertz CT molecular complexity index is 648. The second kappa shape index (κ2) is 5.37. The molecule has 0 saturated heterocycles. The van der Waals surface area contributed by atoms with Gasteiger partial charge < -0.3 is 15.2 Å². The summed E-state index contributed by atoms with van der Waals surface area (Å²) in [6, 6.07) is 4.63. The van der Waals surface area contributed by atoms with E-state index in [1.54, 1.807) is 0 Å². The number of benzene rings is 1. The highest BCUT2D eigenvalue weighted by molar-refractivity contribution is 6.03. The Labute approximate surface area is 122 Å². The molecule has 0 fully saturated rings. The molecule has 0 aliphatic carbocycles. The zero-order valence-electron chi connectivity index (χ0n) is 11.4. The summed E-state index contributed by atoms with van der Waals surface area (Å²) >= 11 is 0. The Balaban J connectivity index is 1.96. The van der Waals surface area contributed by atoms with E-state index in [1.165, 1.54) is 4.90 Å². The fraction of sp³-hybridized carbons (Fsp3) is 0.333. The number of nitrogens with two attached hydrogens (primary N) is 1. The van der Waals surface area contributed by atoms with Crippen molar-refractivity contribution in [3.63, 3.8) is 0 Å². The minimum atomic E-state index is -0.453. The summed E-state index contributed by atoms with van der Waals surface area (Å²) in [5.74, 6) is 4.04. The summed E-state index contributed by atoms with van der Waals surface area (Å²) in [7, 11) is 0. The van der Waals surface area contributed by atoms with Crippen LogP contribution in [0.25, 0.3) is 0 Å². The van der Waals surface area contributed by atoms with Gasteiger partial charge in [0, 0.05) is 6.42 Å². The first-order chi connectivity index (χ1) is 10.2. The molecule has 2 N–H and O–H groups in total. The molecule has 0 aromatic heterocycles. The molecule has 6 nitrogen and oxygen atoms in total. The normalized spacial score (nSPS) is 20.7. The monoisotopic (exact) mass is 285 g/mol. The van der Waals surface area contributed by atoms with Gasteiger partial charge in [-0.05, 0) is 17.7 Å².